The van der Waals surface area contributed by atoms with Gasteiger partial charge in [0.1, 0.15) is 6.29 Å². The van der Waals surface area contributed by atoms with E-state index in [9.17, 15) is 4.79 Å². The number of carbonyl (C=O) groups excluding carboxylic acids is 1. The number of carbonyl (C=O) groups is 1. The van der Waals surface area contributed by atoms with Crippen molar-refractivity contribution in [3.8, 4) is 0 Å². The Balaban J connectivity index is 1.96. The van der Waals surface area contributed by atoms with E-state index in [4.69, 9.17) is 4.74 Å². The standard InChI is InChI=1S/C8H14O2/c1-2-4-7-8(10-7)5-3-6-9/h6-8H,2-5H2,1H3/t7-,8+/m1/s1. The molecule has 0 spiro atoms. The second kappa shape index (κ2) is 3.71. The molecule has 0 radical (unpaired) electrons. The normalized spacial score (nSPS) is 30.1. The molecule has 58 valence electrons. The predicted octanol–water partition coefficient (Wildman–Crippen LogP) is 1.53. The van der Waals surface area contributed by atoms with Crippen molar-refractivity contribution in [2.24, 2.45) is 0 Å². The highest BCUT2D eigenvalue weighted by Gasteiger charge is 2.36. The molecule has 0 saturated carbocycles. The minimum Gasteiger partial charge on any atom is -0.370 e. The summed E-state index contributed by atoms with van der Waals surface area (Å²) in [6.07, 6.45) is 5.77. The van der Waals surface area contributed by atoms with E-state index < -0.39 is 0 Å². The molecule has 1 aliphatic heterocycles. The fourth-order valence-corrected chi connectivity index (χ4v) is 1.20. The van der Waals surface area contributed by atoms with E-state index >= 15 is 0 Å². The van der Waals surface area contributed by atoms with E-state index in [0.29, 0.717) is 18.6 Å². The van der Waals surface area contributed by atoms with Crippen LogP contribution in [0.15, 0.2) is 0 Å². The smallest absolute Gasteiger partial charge is 0.120 e. The molecule has 1 fully saturated rings. The fourth-order valence-electron chi connectivity index (χ4n) is 1.20. The second-order valence-corrected chi connectivity index (χ2v) is 2.75. The topological polar surface area (TPSA) is 29.6 Å². The lowest BCUT2D eigenvalue weighted by Crippen LogP contribution is -1.93. The van der Waals surface area contributed by atoms with Crippen molar-refractivity contribution in [2.75, 3.05) is 0 Å². The SMILES string of the molecule is CCC[C@H]1O[C@H]1CCC=O. The zero-order chi connectivity index (χ0) is 7.40. The predicted molar refractivity (Wildman–Crippen MR) is 38.9 cm³/mol. The maximum absolute atomic E-state index is 9.95. The van der Waals surface area contributed by atoms with Gasteiger partial charge in [0.05, 0.1) is 12.2 Å². The molecule has 1 saturated heterocycles. The first kappa shape index (κ1) is 7.73. The van der Waals surface area contributed by atoms with E-state index in [-0.39, 0.29) is 0 Å². The molecule has 1 heterocycles. The number of aldehydes is 1. The van der Waals surface area contributed by atoms with Crippen molar-refractivity contribution >= 4 is 6.29 Å². The number of hydrogen-bond donors (Lipinski definition) is 0. The molecule has 0 N–H and O–H groups in total. The highest BCUT2D eigenvalue weighted by Crippen LogP contribution is 2.29. The first-order chi connectivity index (χ1) is 4.88. The van der Waals surface area contributed by atoms with Crippen molar-refractivity contribution in [3.05, 3.63) is 0 Å². The van der Waals surface area contributed by atoms with Crippen molar-refractivity contribution in [3.63, 3.8) is 0 Å². The number of rotatable bonds is 5. The summed E-state index contributed by atoms with van der Waals surface area (Å²) in [7, 11) is 0. The number of ether oxygens (including phenoxy) is 1. The quantitative estimate of drug-likeness (QED) is 0.430. The van der Waals surface area contributed by atoms with Crippen LogP contribution in [0.3, 0.4) is 0 Å². The van der Waals surface area contributed by atoms with Gasteiger partial charge in [-0.2, -0.15) is 0 Å². The molecule has 2 heteroatoms. The highest BCUT2D eigenvalue weighted by atomic mass is 16.6. The first-order valence-electron chi connectivity index (χ1n) is 3.97. The Hall–Kier alpha value is -0.370. The minimum atomic E-state index is 0.408. The van der Waals surface area contributed by atoms with Crippen molar-refractivity contribution in [1.29, 1.82) is 0 Å². The molecule has 0 aromatic carbocycles. The van der Waals surface area contributed by atoms with Crippen LogP contribution in [-0.2, 0) is 9.53 Å². The zero-order valence-corrected chi connectivity index (χ0v) is 6.38. The molecule has 1 rings (SSSR count). The van der Waals surface area contributed by atoms with Crippen molar-refractivity contribution in [2.45, 2.75) is 44.8 Å². The molecule has 0 amide bonds. The van der Waals surface area contributed by atoms with Gasteiger partial charge in [-0.15, -0.1) is 0 Å². The largest absolute Gasteiger partial charge is 0.370 e. The summed E-state index contributed by atoms with van der Waals surface area (Å²) in [5, 5.41) is 0. The van der Waals surface area contributed by atoms with Crippen LogP contribution in [0.1, 0.15) is 32.6 Å². The van der Waals surface area contributed by atoms with Crippen LogP contribution >= 0.6 is 0 Å². The Morgan fingerprint density at radius 1 is 1.40 bits per heavy atom. The molecule has 1 aliphatic rings. The zero-order valence-electron chi connectivity index (χ0n) is 6.38. The molecule has 0 aliphatic carbocycles. The lowest BCUT2D eigenvalue weighted by Gasteiger charge is -1.86. The van der Waals surface area contributed by atoms with E-state index in [1.165, 1.54) is 6.42 Å². The summed E-state index contributed by atoms with van der Waals surface area (Å²) in [5.41, 5.74) is 0. The molecule has 0 aromatic rings. The van der Waals surface area contributed by atoms with E-state index in [1.807, 2.05) is 0 Å². The van der Waals surface area contributed by atoms with Crippen molar-refractivity contribution in [1.82, 2.24) is 0 Å². The first-order valence-corrected chi connectivity index (χ1v) is 3.97. The molecule has 10 heavy (non-hydrogen) atoms. The van der Waals surface area contributed by atoms with Gasteiger partial charge in [0.2, 0.25) is 0 Å². The third kappa shape index (κ3) is 2.10. The number of hydrogen-bond acceptors (Lipinski definition) is 2. The second-order valence-electron chi connectivity index (χ2n) is 2.75. The van der Waals surface area contributed by atoms with Crippen LogP contribution in [0.4, 0.5) is 0 Å². The average molecular weight is 142 g/mol. The Bertz CT molecular complexity index is 112. The molecule has 0 aromatic heterocycles. The van der Waals surface area contributed by atoms with Gasteiger partial charge in [-0.3, -0.25) is 0 Å². The summed E-state index contributed by atoms with van der Waals surface area (Å²) >= 11 is 0. The maximum atomic E-state index is 9.95. The van der Waals surface area contributed by atoms with Gasteiger partial charge >= 0.3 is 0 Å². The Morgan fingerprint density at radius 3 is 2.70 bits per heavy atom. The van der Waals surface area contributed by atoms with Gasteiger partial charge in [-0.05, 0) is 12.8 Å². The van der Waals surface area contributed by atoms with E-state index in [2.05, 4.69) is 6.92 Å². The lowest BCUT2D eigenvalue weighted by molar-refractivity contribution is -0.108. The van der Waals surface area contributed by atoms with Gasteiger partial charge in [-0.25, -0.2) is 0 Å². The molecule has 2 atom stereocenters. The van der Waals surface area contributed by atoms with Crippen LogP contribution in [0.5, 0.6) is 0 Å². The number of epoxide rings is 1. The van der Waals surface area contributed by atoms with Crippen LogP contribution < -0.4 is 0 Å². The summed E-state index contributed by atoms with van der Waals surface area (Å²) in [5.74, 6) is 0. The van der Waals surface area contributed by atoms with Crippen LogP contribution in [0.2, 0.25) is 0 Å². The monoisotopic (exact) mass is 142 g/mol. The summed E-state index contributed by atoms with van der Waals surface area (Å²) in [6, 6.07) is 0. The van der Waals surface area contributed by atoms with Gasteiger partial charge in [0.15, 0.2) is 0 Å². The van der Waals surface area contributed by atoms with Gasteiger partial charge in [0, 0.05) is 6.42 Å². The van der Waals surface area contributed by atoms with Crippen LogP contribution in [-0.4, -0.2) is 18.5 Å². The molecular weight excluding hydrogens is 128 g/mol. The third-order valence-corrected chi connectivity index (χ3v) is 1.83. The van der Waals surface area contributed by atoms with Crippen LogP contribution in [0.25, 0.3) is 0 Å². The lowest BCUT2D eigenvalue weighted by atomic mass is 10.1. The molecule has 0 bridgehead atoms. The Labute approximate surface area is 61.6 Å². The fraction of sp³-hybridized carbons (Fsp3) is 0.875. The summed E-state index contributed by atoms with van der Waals surface area (Å²) in [6.45, 7) is 2.15. The third-order valence-electron chi connectivity index (χ3n) is 1.83. The Morgan fingerprint density at radius 2 is 2.10 bits per heavy atom. The highest BCUT2D eigenvalue weighted by molar-refractivity contribution is 5.49. The van der Waals surface area contributed by atoms with Crippen molar-refractivity contribution < 1.29 is 9.53 Å². The average Bonchev–Trinajstić information content (AvgIpc) is 2.65. The summed E-state index contributed by atoms with van der Waals surface area (Å²) in [4.78, 5) is 9.95. The van der Waals surface area contributed by atoms with Crippen LogP contribution in [0, 0.1) is 0 Å². The molecule has 0 unspecified atom stereocenters. The maximum Gasteiger partial charge on any atom is 0.120 e. The minimum absolute atomic E-state index is 0.408. The molecular formula is C8H14O2. The van der Waals surface area contributed by atoms with Gasteiger partial charge in [0.25, 0.3) is 0 Å². The van der Waals surface area contributed by atoms with E-state index in [1.54, 1.807) is 0 Å². The summed E-state index contributed by atoms with van der Waals surface area (Å²) < 4.78 is 5.30. The van der Waals surface area contributed by atoms with E-state index in [0.717, 1.165) is 19.1 Å². The van der Waals surface area contributed by atoms with Gasteiger partial charge in [-0.1, -0.05) is 13.3 Å². The Kier molecular flexibility index (Phi) is 2.87. The molecule has 2 nitrogen and oxygen atoms in total. The van der Waals surface area contributed by atoms with Gasteiger partial charge < -0.3 is 9.53 Å².